The lowest BCUT2D eigenvalue weighted by molar-refractivity contribution is 0.0698. The van der Waals surface area contributed by atoms with Crippen LogP contribution in [0.5, 0.6) is 0 Å². The van der Waals surface area contributed by atoms with Gasteiger partial charge in [-0.05, 0) is 36.8 Å². The minimum absolute atomic E-state index is 0.0605. The molecule has 0 saturated carbocycles. The number of carbonyl (C=O) groups is 1. The average molecular weight is 298 g/mol. The van der Waals surface area contributed by atoms with E-state index in [-0.39, 0.29) is 21.8 Å². The van der Waals surface area contributed by atoms with E-state index in [2.05, 4.69) is 5.32 Å². The van der Waals surface area contributed by atoms with Crippen molar-refractivity contribution in [1.29, 1.82) is 0 Å². The standard InChI is InChI=1S/C14H10ClF2NO2/c1-7-2-4-10(16)13(12(7)17)18-11-5-3-8(15)6-9(11)14(19)20/h2-6,18H,1H3,(H,19,20). The molecule has 0 radical (unpaired) electrons. The molecule has 0 aromatic heterocycles. The molecule has 2 aromatic rings. The second-order valence-corrected chi connectivity index (χ2v) is 4.61. The molecule has 0 atom stereocenters. The Bertz CT molecular complexity index is 689. The Hall–Kier alpha value is -2.14. The summed E-state index contributed by atoms with van der Waals surface area (Å²) in [5.74, 6) is -2.82. The number of aryl methyl sites for hydroxylation is 1. The SMILES string of the molecule is Cc1ccc(F)c(Nc2ccc(Cl)cc2C(=O)O)c1F. The van der Waals surface area contributed by atoms with Gasteiger partial charge in [-0.1, -0.05) is 17.7 Å². The van der Waals surface area contributed by atoms with Gasteiger partial charge in [0.1, 0.15) is 11.5 Å². The summed E-state index contributed by atoms with van der Waals surface area (Å²) < 4.78 is 27.5. The molecule has 0 aliphatic carbocycles. The molecular formula is C14H10ClF2NO2. The smallest absolute Gasteiger partial charge is 0.337 e. The van der Waals surface area contributed by atoms with Crippen molar-refractivity contribution >= 4 is 28.9 Å². The van der Waals surface area contributed by atoms with Crippen molar-refractivity contribution in [3.63, 3.8) is 0 Å². The molecule has 0 amide bonds. The van der Waals surface area contributed by atoms with Crippen LogP contribution in [0.3, 0.4) is 0 Å². The molecule has 0 aliphatic heterocycles. The van der Waals surface area contributed by atoms with E-state index >= 15 is 0 Å². The fourth-order valence-corrected chi connectivity index (χ4v) is 1.88. The van der Waals surface area contributed by atoms with Gasteiger partial charge in [0.05, 0.1) is 11.3 Å². The van der Waals surface area contributed by atoms with Crippen LogP contribution in [0, 0.1) is 18.6 Å². The van der Waals surface area contributed by atoms with Gasteiger partial charge in [0.25, 0.3) is 0 Å². The van der Waals surface area contributed by atoms with Crippen LogP contribution in [0.15, 0.2) is 30.3 Å². The van der Waals surface area contributed by atoms with Crippen LogP contribution in [0.2, 0.25) is 5.02 Å². The third-order valence-electron chi connectivity index (χ3n) is 2.76. The molecule has 20 heavy (non-hydrogen) atoms. The Kier molecular flexibility index (Phi) is 3.90. The maximum Gasteiger partial charge on any atom is 0.337 e. The average Bonchev–Trinajstić information content (AvgIpc) is 2.40. The Labute approximate surface area is 118 Å². The molecule has 0 spiro atoms. The van der Waals surface area contributed by atoms with Crippen molar-refractivity contribution in [1.82, 2.24) is 0 Å². The zero-order chi connectivity index (χ0) is 14.9. The van der Waals surface area contributed by atoms with Crippen LogP contribution >= 0.6 is 11.6 Å². The normalized spacial score (nSPS) is 10.4. The van der Waals surface area contributed by atoms with Crippen molar-refractivity contribution in [2.75, 3.05) is 5.32 Å². The summed E-state index contributed by atoms with van der Waals surface area (Å²) in [4.78, 5) is 11.1. The number of rotatable bonds is 3. The maximum atomic E-state index is 13.9. The Balaban J connectivity index is 2.51. The van der Waals surface area contributed by atoms with E-state index in [0.29, 0.717) is 0 Å². The molecule has 0 fully saturated rings. The van der Waals surface area contributed by atoms with E-state index in [1.54, 1.807) is 0 Å². The second kappa shape index (κ2) is 5.46. The highest BCUT2D eigenvalue weighted by atomic mass is 35.5. The summed E-state index contributed by atoms with van der Waals surface area (Å²) >= 11 is 5.71. The van der Waals surface area contributed by atoms with E-state index in [1.165, 1.54) is 31.2 Å². The summed E-state index contributed by atoms with van der Waals surface area (Å²) in [6, 6.07) is 6.40. The number of carboxylic acid groups (broad SMARTS) is 1. The van der Waals surface area contributed by atoms with Crippen LogP contribution in [0.4, 0.5) is 20.2 Å². The van der Waals surface area contributed by atoms with Crippen LogP contribution < -0.4 is 5.32 Å². The summed E-state index contributed by atoms with van der Waals surface area (Å²) in [7, 11) is 0. The molecule has 2 rings (SSSR count). The molecule has 6 heteroatoms. The lowest BCUT2D eigenvalue weighted by atomic mass is 10.1. The first kappa shape index (κ1) is 14.3. The third kappa shape index (κ3) is 2.72. The first-order valence-corrected chi connectivity index (χ1v) is 6.02. The molecule has 3 nitrogen and oxygen atoms in total. The molecular weight excluding hydrogens is 288 g/mol. The van der Waals surface area contributed by atoms with Gasteiger partial charge in [-0.3, -0.25) is 0 Å². The molecule has 0 saturated heterocycles. The Morgan fingerprint density at radius 3 is 2.60 bits per heavy atom. The van der Waals surface area contributed by atoms with E-state index in [9.17, 15) is 13.6 Å². The van der Waals surface area contributed by atoms with Crippen molar-refractivity contribution < 1.29 is 18.7 Å². The highest BCUT2D eigenvalue weighted by Crippen LogP contribution is 2.29. The maximum absolute atomic E-state index is 13.9. The van der Waals surface area contributed by atoms with Crippen molar-refractivity contribution in [3.05, 3.63) is 58.1 Å². The van der Waals surface area contributed by atoms with Gasteiger partial charge in [-0.25, -0.2) is 13.6 Å². The van der Waals surface area contributed by atoms with E-state index in [4.69, 9.17) is 16.7 Å². The summed E-state index contributed by atoms with van der Waals surface area (Å²) in [6.45, 7) is 1.49. The number of hydrogen-bond donors (Lipinski definition) is 2. The molecule has 0 bridgehead atoms. The molecule has 2 N–H and O–H groups in total. The van der Waals surface area contributed by atoms with Gasteiger partial charge >= 0.3 is 5.97 Å². The summed E-state index contributed by atoms with van der Waals surface area (Å²) in [5, 5.41) is 11.8. The number of nitrogens with one attached hydrogen (secondary N) is 1. The van der Waals surface area contributed by atoms with Crippen LogP contribution in [-0.4, -0.2) is 11.1 Å². The van der Waals surface area contributed by atoms with Gasteiger partial charge in [0, 0.05) is 5.02 Å². The number of carboxylic acids is 1. The van der Waals surface area contributed by atoms with Gasteiger partial charge < -0.3 is 10.4 Å². The van der Waals surface area contributed by atoms with Crippen LogP contribution in [0.1, 0.15) is 15.9 Å². The number of anilines is 2. The summed E-state index contributed by atoms with van der Waals surface area (Å²) in [5.41, 5.74) is -0.252. The lowest BCUT2D eigenvalue weighted by Gasteiger charge is -2.12. The van der Waals surface area contributed by atoms with Crippen molar-refractivity contribution in [2.24, 2.45) is 0 Å². The number of hydrogen-bond acceptors (Lipinski definition) is 2. The third-order valence-corrected chi connectivity index (χ3v) is 2.99. The zero-order valence-corrected chi connectivity index (χ0v) is 11.1. The highest BCUT2D eigenvalue weighted by Gasteiger charge is 2.16. The number of aromatic carboxylic acids is 1. The fourth-order valence-electron chi connectivity index (χ4n) is 1.71. The molecule has 0 unspecified atom stereocenters. The Morgan fingerprint density at radius 1 is 1.25 bits per heavy atom. The number of halogens is 3. The van der Waals surface area contributed by atoms with Gasteiger partial charge in [-0.2, -0.15) is 0 Å². The van der Waals surface area contributed by atoms with Gasteiger partial charge in [0.15, 0.2) is 5.82 Å². The van der Waals surface area contributed by atoms with Gasteiger partial charge in [-0.15, -0.1) is 0 Å². The summed E-state index contributed by atoms with van der Waals surface area (Å²) in [6.07, 6.45) is 0. The molecule has 0 heterocycles. The molecule has 0 aliphatic rings. The minimum Gasteiger partial charge on any atom is -0.478 e. The zero-order valence-electron chi connectivity index (χ0n) is 10.4. The van der Waals surface area contributed by atoms with E-state index < -0.39 is 23.3 Å². The van der Waals surface area contributed by atoms with Crippen molar-refractivity contribution in [3.8, 4) is 0 Å². The second-order valence-electron chi connectivity index (χ2n) is 4.17. The highest BCUT2D eigenvalue weighted by molar-refractivity contribution is 6.31. The Morgan fingerprint density at radius 2 is 1.95 bits per heavy atom. The molecule has 2 aromatic carbocycles. The largest absolute Gasteiger partial charge is 0.478 e. The first-order valence-electron chi connectivity index (χ1n) is 5.64. The quantitative estimate of drug-likeness (QED) is 0.884. The fraction of sp³-hybridized carbons (Fsp3) is 0.0714. The predicted molar refractivity (Wildman–Crippen MR) is 72.8 cm³/mol. The van der Waals surface area contributed by atoms with E-state index in [1.807, 2.05) is 0 Å². The predicted octanol–water partition coefficient (Wildman–Crippen LogP) is 4.37. The first-order chi connectivity index (χ1) is 9.40. The monoisotopic (exact) mass is 297 g/mol. The van der Waals surface area contributed by atoms with Gasteiger partial charge in [0.2, 0.25) is 0 Å². The van der Waals surface area contributed by atoms with Crippen LogP contribution in [0.25, 0.3) is 0 Å². The van der Waals surface area contributed by atoms with E-state index in [0.717, 1.165) is 6.07 Å². The molecule has 104 valence electrons. The number of benzene rings is 2. The lowest BCUT2D eigenvalue weighted by Crippen LogP contribution is -2.05. The minimum atomic E-state index is -1.25. The van der Waals surface area contributed by atoms with Crippen molar-refractivity contribution in [2.45, 2.75) is 6.92 Å². The van der Waals surface area contributed by atoms with Crippen LogP contribution in [-0.2, 0) is 0 Å². The topological polar surface area (TPSA) is 49.3 Å².